The molecule has 38 heavy (non-hydrogen) atoms. The van der Waals surface area contributed by atoms with E-state index in [2.05, 4.69) is 27.7 Å². The van der Waals surface area contributed by atoms with Crippen molar-refractivity contribution in [3.8, 4) is 0 Å². The average molecular weight is 595 g/mol. The van der Waals surface area contributed by atoms with Crippen molar-refractivity contribution in [2.75, 3.05) is 26.4 Å². The second-order valence-electron chi connectivity index (χ2n) is 9.97. The fourth-order valence-corrected chi connectivity index (χ4v) is 3.57. The number of aliphatic hydroxyl groups excluding tert-OH is 4. The molecule has 0 rings (SSSR count). The molecule has 0 aliphatic carbocycles. The van der Waals surface area contributed by atoms with Gasteiger partial charge < -0.3 is 20.4 Å². The zero-order valence-corrected chi connectivity index (χ0v) is 27.6. The van der Waals surface area contributed by atoms with E-state index >= 15 is 0 Å². The average Bonchev–Trinajstić information content (AvgIpc) is 2.90. The minimum Gasteiger partial charge on any atom is -0.396 e. The van der Waals surface area contributed by atoms with Crippen LogP contribution in [0.5, 0.6) is 0 Å². The fourth-order valence-electron chi connectivity index (χ4n) is 3.57. The minimum absolute atomic E-state index is 0. The molecule has 0 atom stereocenters. The molecule has 4 nitrogen and oxygen atoms in total. The van der Waals surface area contributed by atoms with Crippen LogP contribution < -0.4 is 0 Å². The van der Waals surface area contributed by atoms with Crippen molar-refractivity contribution in [3.63, 3.8) is 0 Å². The molecule has 6 heteroatoms. The van der Waals surface area contributed by atoms with E-state index in [-0.39, 0.29) is 44.8 Å². The summed E-state index contributed by atoms with van der Waals surface area (Å²) in [5, 5.41) is 33.7. The Hall–Kier alpha value is 1.32. The number of hydrogen-bond acceptors (Lipinski definition) is 4. The van der Waals surface area contributed by atoms with Crippen LogP contribution in [0, 0.1) is 0 Å². The standard InChI is InChI=1S/4C8H18O.Mg.Ti.2H/c4*1-2-3-4-5-6-7-8-9;;;;/h4*9H,2-8H2,1H3;;;;. The molecule has 0 fully saturated rings. The minimum atomic E-state index is 0. The zero-order valence-electron chi connectivity index (χ0n) is 26.1. The maximum Gasteiger partial charge on any atom is 0.316 e. The quantitative estimate of drug-likeness (QED) is 0.0668. The van der Waals surface area contributed by atoms with Crippen LogP contribution in [0.1, 0.15) is 182 Å². The van der Waals surface area contributed by atoms with Gasteiger partial charge in [0, 0.05) is 48.1 Å². The molecule has 0 aromatic carbocycles. The normalized spacial score (nSPS) is 9.47. The molecule has 4 N–H and O–H groups in total. The summed E-state index contributed by atoms with van der Waals surface area (Å²) in [6.07, 6.45) is 30.0. The fraction of sp³-hybridized carbons (Fsp3) is 1.00. The van der Waals surface area contributed by atoms with Crippen LogP contribution in [0.2, 0.25) is 0 Å². The molecule has 0 aliphatic heterocycles. The van der Waals surface area contributed by atoms with Gasteiger partial charge in [-0.05, 0) is 25.7 Å². The Kier molecular flexibility index (Phi) is 85.0. The third-order valence-electron chi connectivity index (χ3n) is 6.05. The van der Waals surface area contributed by atoms with Crippen LogP contribution in [0.3, 0.4) is 0 Å². The monoisotopic (exact) mass is 594 g/mol. The van der Waals surface area contributed by atoms with E-state index in [1.54, 1.807) is 0 Å². The Balaban J connectivity index is -0.0000000883. The van der Waals surface area contributed by atoms with Gasteiger partial charge in [-0.25, -0.2) is 0 Å². The van der Waals surface area contributed by atoms with Crippen LogP contribution in [-0.2, 0) is 21.7 Å². The van der Waals surface area contributed by atoms with Crippen molar-refractivity contribution >= 4 is 23.1 Å². The van der Waals surface area contributed by atoms with Gasteiger partial charge in [0.25, 0.3) is 0 Å². The van der Waals surface area contributed by atoms with E-state index in [0.717, 1.165) is 25.7 Å². The van der Waals surface area contributed by atoms with E-state index in [4.69, 9.17) is 20.4 Å². The molecule has 0 aliphatic rings. The second-order valence-corrected chi connectivity index (χ2v) is 9.97. The van der Waals surface area contributed by atoms with E-state index in [0.29, 0.717) is 26.4 Å². The summed E-state index contributed by atoms with van der Waals surface area (Å²) in [6.45, 7) is 10.3. The molecule has 232 valence electrons. The smallest absolute Gasteiger partial charge is 0.316 e. The molecule has 0 heterocycles. The Bertz CT molecular complexity index is 221. The van der Waals surface area contributed by atoms with Crippen LogP contribution in [0.4, 0.5) is 0 Å². The van der Waals surface area contributed by atoms with Crippen molar-refractivity contribution in [1.29, 1.82) is 0 Å². The van der Waals surface area contributed by atoms with Crippen LogP contribution in [0.25, 0.3) is 0 Å². The molecule has 0 spiro atoms. The summed E-state index contributed by atoms with van der Waals surface area (Å²) in [7, 11) is 0. The molecule has 0 aromatic heterocycles. The van der Waals surface area contributed by atoms with Crippen molar-refractivity contribution in [2.45, 2.75) is 182 Å². The Morgan fingerprint density at radius 3 is 0.526 bits per heavy atom. The number of rotatable bonds is 24. The summed E-state index contributed by atoms with van der Waals surface area (Å²) >= 11 is 0. The third-order valence-corrected chi connectivity index (χ3v) is 6.05. The van der Waals surface area contributed by atoms with Gasteiger partial charge in [0.15, 0.2) is 0 Å². The Morgan fingerprint density at radius 2 is 0.395 bits per heavy atom. The maximum absolute atomic E-state index is 8.42. The van der Waals surface area contributed by atoms with Gasteiger partial charge in [-0.15, -0.1) is 0 Å². The molecular weight excluding hydrogens is 521 g/mol. The maximum atomic E-state index is 8.42. The summed E-state index contributed by atoms with van der Waals surface area (Å²) in [5.41, 5.74) is 0. The second kappa shape index (κ2) is 62.1. The first-order valence-electron chi connectivity index (χ1n) is 16.1. The van der Waals surface area contributed by atoms with E-state index in [1.807, 2.05) is 0 Å². The Morgan fingerprint density at radius 1 is 0.263 bits per heavy atom. The molecule has 0 saturated heterocycles. The van der Waals surface area contributed by atoms with Gasteiger partial charge in [-0.1, -0.05) is 156 Å². The first-order chi connectivity index (χ1) is 17.7. The van der Waals surface area contributed by atoms with E-state index < -0.39 is 0 Å². The topological polar surface area (TPSA) is 80.9 Å². The van der Waals surface area contributed by atoms with Gasteiger partial charge in [-0.2, -0.15) is 0 Å². The molecule has 0 unspecified atom stereocenters. The summed E-state index contributed by atoms with van der Waals surface area (Å²) < 4.78 is 0. The van der Waals surface area contributed by atoms with E-state index in [9.17, 15) is 0 Å². The SMILES string of the molecule is CCCCCCCCO.CCCCCCCCO.CCCCCCCCO.CCCCCCCCO.[MgH2].[Ti]. The third kappa shape index (κ3) is 76.8. The number of unbranched alkanes of at least 4 members (excludes halogenated alkanes) is 20. The largest absolute Gasteiger partial charge is 0.396 e. The molecular formula is C32H74MgO4Ti. The Labute approximate surface area is 272 Å². The first kappa shape index (κ1) is 52.0. The van der Waals surface area contributed by atoms with Gasteiger partial charge in [0.05, 0.1) is 0 Å². The van der Waals surface area contributed by atoms with Crippen molar-refractivity contribution in [1.82, 2.24) is 0 Å². The summed E-state index contributed by atoms with van der Waals surface area (Å²) in [4.78, 5) is 0. The van der Waals surface area contributed by atoms with Crippen molar-refractivity contribution in [3.05, 3.63) is 0 Å². The van der Waals surface area contributed by atoms with Crippen molar-refractivity contribution in [2.24, 2.45) is 0 Å². The van der Waals surface area contributed by atoms with Gasteiger partial charge in [0.1, 0.15) is 0 Å². The molecule has 0 amide bonds. The number of aliphatic hydroxyl groups is 4. The zero-order chi connectivity index (χ0) is 27.8. The van der Waals surface area contributed by atoms with Gasteiger partial charge in [0.2, 0.25) is 0 Å². The molecule has 0 aromatic rings. The van der Waals surface area contributed by atoms with Crippen molar-refractivity contribution < 1.29 is 42.1 Å². The molecule has 0 radical (unpaired) electrons. The first-order valence-corrected chi connectivity index (χ1v) is 16.1. The van der Waals surface area contributed by atoms with Crippen LogP contribution in [-0.4, -0.2) is 69.9 Å². The predicted octanol–water partition coefficient (Wildman–Crippen LogP) is 8.44. The van der Waals surface area contributed by atoms with Gasteiger partial charge >= 0.3 is 23.1 Å². The number of hydrogen-bond donors (Lipinski definition) is 4. The van der Waals surface area contributed by atoms with Gasteiger partial charge in [-0.3, -0.25) is 0 Å². The van der Waals surface area contributed by atoms with Crippen LogP contribution in [0.15, 0.2) is 0 Å². The summed E-state index contributed by atoms with van der Waals surface area (Å²) in [6, 6.07) is 0. The molecule has 0 saturated carbocycles. The van der Waals surface area contributed by atoms with E-state index in [1.165, 1.54) is 128 Å². The molecule has 0 bridgehead atoms. The van der Waals surface area contributed by atoms with Crippen LogP contribution >= 0.6 is 0 Å². The predicted molar refractivity (Wildman–Crippen MR) is 170 cm³/mol. The summed E-state index contributed by atoms with van der Waals surface area (Å²) in [5.74, 6) is 0.